The van der Waals surface area contributed by atoms with E-state index in [1.165, 1.54) is 4.31 Å². The van der Waals surface area contributed by atoms with Gasteiger partial charge in [0.25, 0.3) is 0 Å². The van der Waals surface area contributed by atoms with Crippen LogP contribution in [0.3, 0.4) is 0 Å². The Bertz CT molecular complexity index is 1340. The summed E-state index contributed by atoms with van der Waals surface area (Å²) >= 11 is 14.4. The molecule has 2 aromatic carbocycles. The van der Waals surface area contributed by atoms with Crippen LogP contribution in [0.25, 0.3) is 0 Å². The Kier molecular flexibility index (Phi) is 9.47. The maximum absolute atomic E-state index is 13.8. The zero-order valence-corrected chi connectivity index (χ0v) is 24.0. The van der Waals surface area contributed by atoms with Gasteiger partial charge >= 0.3 is 0 Å². The molecule has 4 rings (SSSR count). The number of aryl methyl sites for hydroxylation is 1. The third kappa shape index (κ3) is 7.36. The van der Waals surface area contributed by atoms with Crippen LogP contribution < -0.4 is 10.6 Å². The predicted octanol–water partition coefficient (Wildman–Crippen LogP) is 6.68. The minimum atomic E-state index is -3.86. The molecule has 37 heavy (non-hydrogen) atoms. The lowest BCUT2D eigenvalue weighted by molar-refractivity contribution is -0.123. The molecule has 0 fully saturated rings. The van der Waals surface area contributed by atoms with E-state index in [-0.39, 0.29) is 17.3 Å². The van der Waals surface area contributed by atoms with E-state index in [0.717, 1.165) is 16.8 Å². The fourth-order valence-corrected chi connectivity index (χ4v) is 5.12. The van der Waals surface area contributed by atoms with E-state index in [2.05, 4.69) is 15.6 Å². The summed E-state index contributed by atoms with van der Waals surface area (Å²) < 4.78 is 28.2. The highest BCUT2D eigenvalue weighted by Gasteiger charge is 2.38. The number of hydrogen-bond donors (Lipinski definition) is 2. The van der Waals surface area contributed by atoms with Gasteiger partial charge in [-0.2, -0.15) is 4.31 Å². The van der Waals surface area contributed by atoms with Gasteiger partial charge in [-0.25, -0.2) is 13.4 Å². The van der Waals surface area contributed by atoms with Gasteiger partial charge in [0.1, 0.15) is 12.0 Å². The van der Waals surface area contributed by atoms with Crippen LogP contribution in [0.4, 0.5) is 11.5 Å². The zero-order valence-electron chi connectivity index (χ0n) is 20.9. The van der Waals surface area contributed by atoms with Crippen molar-refractivity contribution in [3.8, 4) is 0 Å². The summed E-state index contributed by atoms with van der Waals surface area (Å²) in [6.45, 7) is 7.54. The van der Waals surface area contributed by atoms with Crippen LogP contribution >= 0.6 is 34.8 Å². The van der Waals surface area contributed by atoms with Crippen LogP contribution in [0.5, 0.6) is 0 Å². The van der Waals surface area contributed by atoms with Gasteiger partial charge in [0.05, 0.1) is 4.90 Å². The van der Waals surface area contributed by atoms with E-state index in [4.69, 9.17) is 34.8 Å². The smallest absolute Gasteiger partial charge is 0.245 e. The van der Waals surface area contributed by atoms with Crippen molar-refractivity contribution in [2.24, 2.45) is 5.41 Å². The second kappa shape index (κ2) is 12.0. The molecule has 0 radical (unpaired) electrons. The standard InChI is InChI=1S/C25H28N4O3S.CHCl3/c1-17-11-13-19(14-12-17)33(31,32)29-16-18-8-5-6-10-21(18)27-23(29)20-9-7-15-26-22(20)28-24(30)25(2,3)4;2-1(3)4/h5-15,23,27H,16H2,1-4H3,(H,26,28,30);1H/t23-;/m1./s1. The molecule has 1 amide bonds. The third-order valence-electron chi connectivity index (χ3n) is 5.60. The lowest BCUT2D eigenvalue weighted by Crippen LogP contribution is -2.42. The molecular formula is C26H29Cl3N4O3S. The first-order valence-corrected chi connectivity index (χ1v) is 14.2. The normalized spacial score (nSPS) is 15.7. The molecule has 0 saturated heterocycles. The lowest BCUT2D eigenvalue weighted by atomic mass is 9.95. The summed E-state index contributed by atoms with van der Waals surface area (Å²) in [5.74, 6) is 0.130. The number of aromatic nitrogens is 1. The Hall–Kier alpha value is -2.36. The van der Waals surface area contributed by atoms with Crippen molar-refractivity contribution in [1.29, 1.82) is 0 Å². The average molecular weight is 584 g/mol. The maximum atomic E-state index is 13.8. The van der Waals surface area contributed by atoms with Gasteiger partial charge in [-0.1, -0.05) is 97.5 Å². The molecule has 2 N–H and O–H groups in total. The van der Waals surface area contributed by atoms with E-state index in [0.29, 0.717) is 11.4 Å². The van der Waals surface area contributed by atoms with Crippen LogP contribution in [0, 0.1) is 12.3 Å². The summed E-state index contributed by atoms with van der Waals surface area (Å²) in [6, 6.07) is 17.9. The number of fused-ring (bicyclic) bond motifs is 1. The third-order valence-corrected chi connectivity index (χ3v) is 7.42. The molecule has 2 heterocycles. The van der Waals surface area contributed by atoms with E-state index in [1.54, 1.807) is 42.6 Å². The molecule has 7 nitrogen and oxygen atoms in total. The van der Waals surface area contributed by atoms with Crippen molar-refractivity contribution in [2.75, 3.05) is 10.6 Å². The number of anilines is 2. The van der Waals surface area contributed by atoms with Crippen LogP contribution in [-0.2, 0) is 21.4 Å². The number of nitrogens with one attached hydrogen (secondary N) is 2. The first-order valence-electron chi connectivity index (χ1n) is 11.4. The molecule has 3 aromatic rings. The summed E-state index contributed by atoms with van der Waals surface area (Å²) in [5, 5.41) is 6.24. The number of carbonyl (C=O) groups is 1. The highest BCUT2D eigenvalue weighted by Crippen LogP contribution is 2.39. The van der Waals surface area contributed by atoms with Gasteiger partial charge in [0.2, 0.25) is 15.9 Å². The predicted molar refractivity (Wildman–Crippen MR) is 150 cm³/mol. The average Bonchev–Trinajstić information content (AvgIpc) is 2.83. The van der Waals surface area contributed by atoms with Crippen LogP contribution in [0.1, 0.15) is 43.6 Å². The Balaban J connectivity index is 0.000000886. The number of amides is 1. The van der Waals surface area contributed by atoms with Crippen molar-refractivity contribution in [2.45, 2.75) is 49.6 Å². The SMILES string of the molecule is Cc1ccc(S(=O)(=O)N2Cc3ccccc3N[C@H]2c2cccnc2NC(=O)C(C)(C)C)cc1.ClC(Cl)Cl. The first-order chi connectivity index (χ1) is 17.3. The molecular weight excluding hydrogens is 555 g/mol. The number of alkyl halides is 3. The second-order valence-electron chi connectivity index (χ2n) is 9.46. The van der Waals surface area contributed by atoms with Gasteiger partial charge in [0.15, 0.2) is 4.30 Å². The van der Waals surface area contributed by atoms with E-state index < -0.39 is 25.9 Å². The number of carbonyl (C=O) groups excluding carboxylic acids is 1. The van der Waals surface area contributed by atoms with E-state index in [9.17, 15) is 13.2 Å². The van der Waals surface area contributed by atoms with Crippen molar-refractivity contribution in [1.82, 2.24) is 9.29 Å². The number of sulfonamides is 1. The highest BCUT2D eigenvalue weighted by atomic mass is 35.6. The number of nitrogens with zero attached hydrogens (tertiary/aromatic N) is 2. The van der Waals surface area contributed by atoms with Crippen LogP contribution in [-0.4, -0.2) is 27.9 Å². The Morgan fingerprint density at radius 1 is 1.05 bits per heavy atom. The summed E-state index contributed by atoms with van der Waals surface area (Å²) in [4.78, 5) is 17.3. The fraction of sp³-hybridized carbons (Fsp3) is 0.308. The quantitative estimate of drug-likeness (QED) is 0.335. The number of para-hydroxylation sites is 1. The number of halogens is 3. The fourth-order valence-electron chi connectivity index (χ4n) is 3.62. The van der Waals surface area contributed by atoms with Crippen LogP contribution in [0.2, 0.25) is 0 Å². The van der Waals surface area contributed by atoms with Crippen molar-refractivity contribution in [3.63, 3.8) is 0 Å². The number of pyridine rings is 1. The van der Waals surface area contributed by atoms with E-state index >= 15 is 0 Å². The Morgan fingerprint density at radius 2 is 1.68 bits per heavy atom. The topological polar surface area (TPSA) is 91.4 Å². The molecule has 1 atom stereocenters. The van der Waals surface area contributed by atoms with Gasteiger partial charge in [0, 0.05) is 29.4 Å². The molecule has 0 bridgehead atoms. The summed E-state index contributed by atoms with van der Waals surface area (Å²) in [7, 11) is -3.86. The lowest BCUT2D eigenvalue weighted by Gasteiger charge is -2.38. The number of benzene rings is 2. The second-order valence-corrected chi connectivity index (χ2v) is 13.3. The monoisotopic (exact) mass is 582 g/mol. The molecule has 0 unspecified atom stereocenters. The summed E-state index contributed by atoms with van der Waals surface area (Å²) in [5.41, 5.74) is 2.63. The van der Waals surface area contributed by atoms with Crippen molar-refractivity contribution < 1.29 is 13.2 Å². The number of hydrogen-bond acceptors (Lipinski definition) is 5. The van der Waals surface area contributed by atoms with Gasteiger partial charge in [-0.3, -0.25) is 4.79 Å². The first kappa shape index (κ1) is 29.2. The molecule has 0 spiro atoms. The highest BCUT2D eigenvalue weighted by molar-refractivity contribution is 7.89. The number of rotatable bonds is 4. The Morgan fingerprint density at radius 3 is 2.30 bits per heavy atom. The molecule has 198 valence electrons. The van der Waals surface area contributed by atoms with Crippen LogP contribution in [0.15, 0.2) is 71.8 Å². The van der Waals surface area contributed by atoms with Gasteiger partial charge in [-0.15, -0.1) is 0 Å². The van der Waals surface area contributed by atoms with Crippen molar-refractivity contribution in [3.05, 3.63) is 83.6 Å². The largest absolute Gasteiger partial charge is 0.365 e. The van der Waals surface area contributed by atoms with Gasteiger partial charge in [-0.05, 0) is 36.8 Å². The minimum absolute atomic E-state index is 0.186. The molecule has 11 heteroatoms. The van der Waals surface area contributed by atoms with E-state index in [1.807, 2.05) is 52.0 Å². The maximum Gasteiger partial charge on any atom is 0.245 e. The van der Waals surface area contributed by atoms with Crippen molar-refractivity contribution >= 4 is 62.2 Å². The molecule has 1 aliphatic heterocycles. The zero-order chi connectivity index (χ0) is 27.4. The summed E-state index contributed by atoms with van der Waals surface area (Å²) in [6.07, 6.45) is 0.826. The molecule has 1 aliphatic rings. The minimum Gasteiger partial charge on any atom is -0.365 e. The Labute approximate surface area is 233 Å². The molecule has 0 saturated carbocycles. The van der Waals surface area contributed by atoms with Gasteiger partial charge < -0.3 is 10.6 Å². The molecule has 1 aromatic heterocycles. The molecule has 0 aliphatic carbocycles.